The van der Waals surface area contributed by atoms with Crippen molar-refractivity contribution in [3.05, 3.63) is 39.5 Å². The van der Waals surface area contributed by atoms with Gasteiger partial charge in [0.15, 0.2) is 0 Å². The summed E-state index contributed by atoms with van der Waals surface area (Å²) in [4.78, 5) is 10.9. The monoisotopic (exact) mass is 299 g/mol. The Labute approximate surface area is 105 Å². The molecule has 4 nitrogen and oxygen atoms in total. The Kier molecular flexibility index (Phi) is 2.98. The lowest BCUT2D eigenvalue weighted by atomic mass is 10.1. The van der Waals surface area contributed by atoms with Gasteiger partial charge < -0.3 is 5.73 Å². The minimum atomic E-state index is -0.540. The number of benzene rings is 1. The summed E-state index contributed by atoms with van der Waals surface area (Å²) in [5.74, 6) is -0.540. The number of H-pyrrole nitrogens is 1. The Hall–Kier alpha value is -1.33. The minimum Gasteiger partial charge on any atom is -0.364 e. The van der Waals surface area contributed by atoms with Crippen LogP contribution >= 0.6 is 27.5 Å². The predicted molar refractivity (Wildman–Crippen MR) is 65.3 cm³/mol. The van der Waals surface area contributed by atoms with Gasteiger partial charge in [-0.15, -0.1) is 0 Å². The van der Waals surface area contributed by atoms with E-state index < -0.39 is 5.91 Å². The highest BCUT2D eigenvalue weighted by Gasteiger charge is 2.08. The van der Waals surface area contributed by atoms with Crippen molar-refractivity contribution in [2.45, 2.75) is 0 Å². The van der Waals surface area contributed by atoms with E-state index in [9.17, 15) is 4.79 Å². The van der Waals surface area contributed by atoms with E-state index in [0.717, 1.165) is 10.0 Å². The summed E-state index contributed by atoms with van der Waals surface area (Å²) in [6.07, 6.45) is 0. The van der Waals surface area contributed by atoms with Gasteiger partial charge in [-0.3, -0.25) is 9.89 Å². The highest BCUT2D eigenvalue weighted by molar-refractivity contribution is 9.10. The van der Waals surface area contributed by atoms with Gasteiger partial charge in [0.05, 0.1) is 10.7 Å². The topological polar surface area (TPSA) is 71.8 Å². The number of nitrogens with one attached hydrogen (secondary N) is 1. The van der Waals surface area contributed by atoms with E-state index in [1.54, 1.807) is 12.1 Å². The third kappa shape index (κ3) is 2.10. The maximum Gasteiger partial charge on any atom is 0.266 e. The van der Waals surface area contributed by atoms with E-state index in [2.05, 4.69) is 26.1 Å². The molecule has 1 aromatic carbocycles. The Balaban J connectivity index is 2.42. The van der Waals surface area contributed by atoms with Crippen LogP contribution in [0.4, 0.5) is 0 Å². The smallest absolute Gasteiger partial charge is 0.266 e. The zero-order valence-corrected chi connectivity index (χ0v) is 10.3. The summed E-state index contributed by atoms with van der Waals surface area (Å²) in [6.45, 7) is 0. The molecule has 0 spiro atoms. The van der Waals surface area contributed by atoms with E-state index in [-0.39, 0.29) is 5.69 Å². The Bertz CT molecular complexity index is 553. The van der Waals surface area contributed by atoms with Crippen LogP contribution in [0.5, 0.6) is 0 Å². The number of aromatic amines is 1. The molecule has 0 aliphatic heterocycles. The second-order valence-corrected chi connectivity index (χ2v) is 4.42. The maximum atomic E-state index is 10.9. The zero-order chi connectivity index (χ0) is 11.7. The summed E-state index contributed by atoms with van der Waals surface area (Å²) >= 11 is 9.25. The molecule has 0 bridgehead atoms. The second-order valence-electron chi connectivity index (χ2n) is 3.16. The number of hydrogen-bond acceptors (Lipinski definition) is 2. The molecule has 2 rings (SSSR count). The van der Waals surface area contributed by atoms with Crippen molar-refractivity contribution in [3.8, 4) is 11.3 Å². The van der Waals surface area contributed by atoms with Gasteiger partial charge >= 0.3 is 0 Å². The average Bonchev–Trinajstić information content (AvgIpc) is 2.71. The molecular formula is C10H7BrClN3O. The molecule has 6 heteroatoms. The quantitative estimate of drug-likeness (QED) is 0.895. The predicted octanol–water partition coefficient (Wildman–Crippen LogP) is 2.59. The molecule has 1 aromatic heterocycles. The van der Waals surface area contributed by atoms with Crippen molar-refractivity contribution < 1.29 is 4.79 Å². The molecule has 82 valence electrons. The molecule has 0 aliphatic carbocycles. The number of rotatable bonds is 2. The van der Waals surface area contributed by atoms with Crippen molar-refractivity contribution in [2.75, 3.05) is 0 Å². The molecule has 0 aliphatic rings. The fraction of sp³-hybridized carbons (Fsp3) is 0. The van der Waals surface area contributed by atoms with Crippen molar-refractivity contribution >= 4 is 33.4 Å². The highest BCUT2D eigenvalue weighted by atomic mass is 79.9. The summed E-state index contributed by atoms with van der Waals surface area (Å²) in [5.41, 5.74) is 6.83. The number of amides is 1. The maximum absolute atomic E-state index is 10.9. The second kappa shape index (κ2) is 4.27. The normalized spacial score (nSPS) is 10.4. The molecule has 0 saturated carbocycles. The van der Waals surface area contributed by atoms with E-state index in [0.29, 0.717) is 10.7 Å². The first-order valence-corrected chi connectivity index (χ1v) is 5.55. The van der Waals surface area contributed by atoms with E-state index in [1.807, 2.05) is 12.1 Å². The molecular weight excluding hydrogens is 293 g/mol. The van der Waals surface area contributed by atoms with Gasteiger partial charge in [0, 0.05) is 10.0 Å². The summed E-state index contributed by atoms with van der Waals surface area (Å²) in [5, 5.41) is 7.12. The lowest BCUT2D eigenvalue weighted by Crippen LogP contribution is -2.10. The molecule has 0 unspecified atom stereocenters. The first-order chi connectivity index (χ1) is 7.58. The van der Waals surface area contributed by atoms with Gasteiger partial charge in [0.25, 0.3) is 5.91 Å². The van der Waals surface area contributed by atoms with Gasteiger partial charge in [0.1, 0.15) is 5.69 Å². The number of carbonyl (C=O) groups is 1. The van der Waals surface area contributed by atoms with Crippen LogP contribution in [0.25, 0.3) is 11.3 Å². The molecule has 1 heterocycles. The van der Waals surface area contributed by atoms with Gasteiger partial charge in [-0.1, -0.05) is 17.7 Å². The van der Waals surface area contributed by atoms with Crippen LogP contribution in [0.15, 0.2) is 28.7 Å². The standard InChI is InChI=1S/C10H7BrClN3O/c11-6-2-1-5(3-7(6)12)8-4-9(10(13)16)15-14-8/h1-4H,(H2,13,16)(H,14,15). The fourth-order valence-electron chi connectivity index (χ4n) is 1.25. The SMILES string of the molecule is NC(=O)c1cc(-c2ccc(Br)c(Cl)c2)n[nH]1. The number of nitrogens with zero attached hydrogens (tertiary/aromatic N) is 1. The first-order valence-electron chi connectivity index (χ1n) is 4.38. The minimum absolute atomic E-state index is 0.272. The molecule has 1 amide bonds. The largest absolute Gasteiger partial charge is 0.364 e. The molecule has 16 heavy (non-hydrogen) atoms. The number of hydrogen-bond donors (Lipinski definition) is 2. The van der Waals surface area contributed by atoms with Crippen LogP contribution in [0.2, 0.25) is 5.02 Å². The van der Waals surface area contributed by atoms with Gasteiger partial charge in [-0.2, -0.15) is 5.10 Å². The molecule has 0 saturated heterocycles. The number of aromatic nitrogens is 2. The van der Waals surface area contributed by atoms with Gasteiger partial charge in [0.2, 0.25) is 0 Å². The number of halogens is 2. The van der Waals surface area contributed by atoms with Gasteiger partial charge in [-0.05, 0) is 34.1 Å². The van der Waals surface area contributed by atoms with Crippen molar-refractivity contribution in [1.82, 2.24) is 10.2 Å². The molecule has 0 fully saturated rings. The van der Waals surface area contributed by atoms with Crippen LogP contribution in [-0.4, -0.2) is 16.1 Å². The lowest BCUT2D eigenvalue weighted by Gasteiger charge is -1.98. The fourth-order valence-corrected chi connectivity index (χ4v) is 1.68. The molecule has 0 atom stereocenters. The van der Waals surface area contributed by atoms with Crippen LogP contribution in [0, 0.1) is 0 Å². The molecule has 2 aromatic rings. The van der Waals surface area contributed by atoms with Crippen LogP contribution in [-0.2, 0) is 0 Å². The van der Waals surface area contributed by atoms with E-state index in [1.165, 1.54) is 0 Å². The van der Waals surface area contributed by atoms with Crippen molar-refractivity contribution in [2.24, 2.45) is 5.73 Å². The molecule has 0 radical (unpaired) electrons. The van der Waals surface area contributed by atoms with Crippen molar-refractivity contribution in [1.29, 1.82) is 0 Å². The summed E-state index contributed by atoms with van der Waals surface area (Å²) in [6, 6.07) is 7.00. The van der Waals surface area contributed by atoms with Crippen LogP contribution in [0.1, 0.15) is 10.5 Å². The van der Waals surface area contributed by atoms with E-state index >= 15 is 0 Å². The van der Waals surface area contributed by atoms with Crippen LogP contribution < -0.4 is 5.73 Å². The number of nitrogens with two attached hydrogens (primary N) is 1. The molecule has 3 N–H and O–H groups in total. The Morgan fingerprint density at radius 3 is 2.75 bits per heavy atom. The third-order valence-corrected chi connectivity index (χ3v) is 3.29. The van der Waals surface area contributed by atoms with E-state index in [4.69, 9.17) is 17.3 Å². The number of primary amides is 1. The average molecular weight is 301 g/mol. The Morgan fingerprint density at radius 1 is 1.44 bits per heavy atom. The Morgan fingerprint density at radius 2 is 2.19 bits per heavy atom. The lowest BCUT2D eigenvalue weighted by molar-refractivity contribution is 0.0995. The zero-order valence-electron chi connectivity index (χ0n) is 8.00. The van der Waals surface area contributed by atoms with Crippen LogP contribution in [0.3, 0.4) is 0 Å². The first kappa shape index (κ1) is 11.2. The third-order valence-electron chi connectivity index (χ3n) is 2.06. The van der Waals surface area contributed by atoms with Crippen molar-refractivity contribution in [3.63, 3.8) is 0 Å². The number of carbonyl (C=O) groups excluding carboxylic acids is 1. The van der Waals surface area contributed by atoms with Gasteiger partial charge in [-0.25, -0.2) is 0 Å². The summed E-state index contributed by atoms with van der Waals surface area (Å²) < 4.78 is 0.809. The highest BCUT2D eigenvalue weighted by Crippen LogP contribution is 2.27. The summed E-state index contributed by atoms with van der Waals surface area (Å²) in [7, 11) is 0.